The summed E-state index contributed by atoms with van der Waals surface area (Å²) in [6.45, 7) is -9.61. The van der Waals surface area contributed by atoms with Crippen LogP contribution in [-0.4, -0.2) is 84.3 Å². The summed E-state index contributed by atoms with van der Waals surface area (Å²) in [5.41, 5.74) is 4.82. The van der Waals surface area contributed by atoms with Gasteiger partial charge in [-0.25, -0.2) is 28.3 Å². The summed E-state index contributed by atoms with van der Waals surface area (Å²) >= 11 is 9.14. The Kier molecular flexibility index (Phi) is 8.14. The molecule has 2 saturated heterocycles. The van der Waals surface area contributed by atoms with Crippen molar-refractivity contribution in [3.05, 3.63) is 35.3 Å². The van der Waals surface area contributed by atoms with Gasteiger partial charge in [-0.05, 0) is 24.3 Å². The van der Waals surface area contributed by atoms with Gasteiger partial charge in [0.2, 0.25) is 5.95 Å². The smallest absolute Gasteiger partial charge is 0.369 e. The molecule has 3 aromatic heterocycles. The first-order valence-corrected chi connectivity index (χ1v) is 17.7. The molecule has 0 amide bonds. The largest absolute Gasteiger partial charge is 0.386 e. The minimum atomic E-state index is -4.35. The Morgan fingerprint density at radius 3 is 2.79 bits per heavy atom. The van der Waals surface area contributed by atoms with Crippen LogP contribution in [0, 0.1) is 5.92 Å². The minimum absolute atomic E-state index is 0.0692. The van der Waals surface area contributed by atoms with Crippen molar-refractivity contribution in [2.45, 2.75) is 49.3 Å². The Morgan fingerprint density at radius 2 is 2.02 bits per heavy atom. The van der Waals surface area contributed by atoms with Crippen LogP contribution >= 0.6 is 25.8 Å². The quantitative estimate of drug-likeness (QED) is 0.198. The predicted octanol–water partition coefficient (Wildman–Crippen LogP) is 1.64. The number of aromatic nitrogens is 6. The van der Waals surface area contributed by atoms with E-state index in [2.05, 4.69) is 42.5 Å². The molecule has 16 nitrogen and oxygen atoms in total. The van der Waals surface area contributed by atoms with Crippen molar-refractivity contribution in [3.63, 3.8) is 0 Å². The zero-order valence-electron chi connectivity index (χ0n) is 21.2. The third-order valence-electron chi connectivity index (χ3n) is 6.99. The van der Waals surface area contributed by atoms with Crippen LogP contribution in [0.1, 0.15) is 12.6 Å². The molecule has 5 N–H and O–H groups in total. The number of imidazole rings is 1. The molecule has 5 heterocycles. The van der Waals surface area contributed by atoms with Gasteiger partial charge in [0.1, 0.15) is 36.6 Å². The van der Waals surface area contributed by atoms with Crippen molar-refractivity contribution in [1.82, 2.24) is 29.5 Å². The highest BCUT2D eigenvalue weighted by Gasteiger charge is 2.53. The lowest BCUT2D eigenvalue weighted by molar-refractivity contribution is -0.0495. The maximum atomic E-state index is 15.8. The SMILES string of the molecule is Nc1nc2c(ncn2[C@@H]2OC3COP(O)(=S)O[C@@H]4[C@@H](COP(=O)(S)O[C@@H]2[C@@H]3F)C[C@@H](Nc2ccncn2)[C@@H]4F)c(=O)[nH]1. The summed E-state index contributed by atoms with van der Waals surface area (Å²) in [6.07, 6.45) is -5.68. The first-order chi connectivity index (χ1) is 19.9. The number of nitrogens with one attached hydrogen (secondary N) is 2. The van der Waals surface area contributed by atoms with Gasteiger partial charge in [0.05, 0.1) is 25.6 Å². The molecule has 3 aromatic rings. The Balaban J connectivity index is 1.29. The lowest BCUT2D eigenvalue weighted by Crippen LogP contribution is -2.34. The molecule has 42 heavy (non-hydrogen) atoms. The number of rotatable bonds is 3. The number of hydrogen-bond acceptors (Lipinski definition) is 14. The fourth-order valence-corrected chi connectivity index (χ4v) is 8.08. The standard InChI is InChI=1S/C20H24F2N8O8P2S2/c21-12-9(27-11-1-2-24-6-25-11)3-8-4-34-39(32,41)38-16-13(22)10(5-35-40(33,42)37-15(8)12)36-19(16)30-7-26-14-17(30)28-20(23)29-18(14)31/h1-2,6-10,12-13,15-16,19H,3-5H2,(H,32,41)(H,33,42)(H,24,25,27)(H3,23,28,29,31)/t8-,9-,10?,12+,13-,15-,16-,19-,39?,40?/m1/s1. The normalized spacial score (nSPS) is 39.2. The third-order valence-corrected chi connectivity index (χ3v) is 10.2. The van der Waals surface area contributed by atoms with E-state index in [1.165, 1.54) is 23.2 Å². The summed E-state index contributed by atoms with van der Waals surface area (Å²) in [4.78, 5) is 41.2. The number of nitrogen functional groups attached to an aromatic ring is 1. The van der Waals surface area contributed by atoms with Crippen LogP contribution in [-0.2, 0) is 39.2 Å². The molecule has 0 aromatic carbocycles. The fraction of sp³-hybridized carbons (Fsp3) is 0.550. The average Bonchev–Trinajstić information content (AvgIpc) is 3.57. The zero-order valence-corrected chi connectivity index (χ0v) is 24.7. The molecule has 3 unspecified atom stereocenters. The maximum absolute atomic E-state index is 15.8. The Hall–Kier alpha value is -2.12. The van der Waals surface area contributed by atoms with E-state index in [-0.39, 0.29) is 23.5 Å². The number of nitrogens with two attached hydrogens (primary N) is 1. The Morgan fingerprint density at radius 1 is 1.21 bits per heavy atom. The van der Waals surface area contributed by atoms with Crippen molar-refractivity contribution in [3.8, 4) is 0 Å². The highest BCUT2D eigenvalue weighted by molar-refractivity contribution is 8.44. The van der Waals surface area contributed by atoms with Crippen LogP contribution in [0.25, 0.3) is 11.2 Å². The van der Waals surface area contributed by atoms with E-state index in [0.717, 1.165) is 6.33 Å². The summed E-state index contributed by atoms with van der Waals surface area (Å²) in [5.74, 6) is -0.715. The summed E-state index contributed by atoms with van der Waals surface area (Å²) in [7, 11) is 0. The highest BCUT2D eigenvalue weighted by Crippen LogP contribution is 2.59. The number of thiol groups is 1. The van der Waals surface area contributed by atoms with Crippen molar-refractivity contribution in [1.29, 1.82) is 0 Å². The molecule has 10 atom stereocenters. The van der Waals surface area contributed by atoms with Crippen molar-refractivity contribution in [2.24, 2.45) is 5.92 Å². The molecular formula is C20H24F2N8O8P2S2. The first kappa shape index (κ1) is 29.9. The molecule has 1 saturated carbocycles. The van der Waals surface area contributed by atoms with Gasteiger partial charge >= 0.3 is 13.5 Å². The molecule has 6 rings (SSSR count). The lowest BCUT2D eigenvalue weighted by Gasteiger charge is -2.28. The molecule has 0 spiro atoms. The second kappa shape index (κ2) is 11.4. The number of ether oxygens (including phenoxy) is 1. The van der Waals surface area contributed by atoms with E-state index in [4.69, 9.17) is 40.4 Å². The Bertz CT molecular complexity index is 1620. The molecule has 0 radical (unpaired) electrons. The predicted molar refractivity (Wildman–Crippen MR) is 149 cm³/mol. The lowest BCUT2D eigenvalue weighted by atomic mass is 10.1. The van der Waals surface area contributed by atoms with Crippen LogP contribution in [0.15, 0.2) is 29.7 Å². The molecule has 1 aliphatic carbocycles. The number of nitrogens with zero attached hydrogens (tertiary/aromatic N) is 5. The van der Waals surface area contributed by atoms with Gasteiger partial charge in [0.25, 0.3) is 5.56 Å². The van der Waals surface area contributed by atoms with Crippen LogP contribution in [0.2, 0.25) is 0 Å². The van der Waals surface area contributed by atoms with Gasteiger partial charge in [-0.1, -0.05) is 12.2 Å². The molecule has 2 bridgehead atoms. The van der Waals surface area contributed by atoms with E-state index in [0.29, 0.717) is 5.82 Å². The van der Waals surface area contributed by atoms with E-state index in [9.17, 15) is 14.3 Å². The number of halogens is 2. The molecule has 2 aliphatic heterocycles. The average molecular weight is 669 g/mol. The zero-order chi connectivity index (χ0) is 29.8. The van der Waals surface area contributed by atoms with E-state index >= 15 is 8.78 Å². The topological polar surface area (TPSA) is 211 Å². The third kappa shape index (κ3) is 5.97. The number of alkyl halides is 2. The fourth-order valence-electron chi connectivity index (χ4n) is 5.11. The molecule has 22 heteroatoms. The van der Waals surface area contributed by atoms with Crippen molar-refractivity contribution >= 4 is 60.5 Å². The second-order valence-corrected chi connectivity index (χ2v) is 15.4. The maximum Gasteiger partial charge on any atom is 0.386 e. The number of anilines is 2. The Labute approximate surface area is 245 Å². The van der Waals surface area contributed by atoms with Gasteiger partial charge in [-0.2, -0.15) is 4.98 Å². The summed E-state index contributed by atoms with van der Waals surface area (Å²) in [6, 6.07) is 0.676. The van der Waals surface area contributed by atoms with Crippen LogP contribution < -0.4 is 16.6 Å². The summed E-state index contributed by atoms with van der Waals surface area (Å²) in [5, 5.41) is 2.93. The number of aromatic amines is 1. The number of hydrogen-bond donors (Lipinski definition) is 5. The van der Waals surface area contributed by atoms with E-state index < -0.39 is 81.1 Å². The van der Waals surface area contributed by atoms with Gasteiger partial charge in [-0.3, -0.25) is 18.9 Å². The van der Waals surface area contributed by atoms with Crippen LogP contribution in [0.3, 0.4) is 0 Å². The molecule has 228 valence electrons. The van der Waals surface area contributed by atoms with Gasteiger partial charge in [-0.15, -0.1) is 0 Å². The monoisotopic (exact) mass is 668 g/mol. The van der Waals surface area contributed by atoms with E-state index in [1.807, 2.05) is 0 Å². The van der Waals surface area contributed by atoms with Crippen LogP contribution in [0.4, 0.5) is 20.5 Å². The number of fused-ring (bicyclic) bond motifs is 4. The van der Waals surface area contributed by atoms with E-state index in [1.54, 1.807) is 0 Å². The van der Waals surface area contributed by atoms with Crippen LogP contribution in [0.5, 0.6) is 0 Å². The van der Waals surface area contributed by atoms with Gasteiger partial charge in [0.15, 0.2) is 23.6 Å². The van der Waals surface area contributed by atoms with Gasteiger partial charge in [0, 0.05) is 12.1 Å². The first-order valence-electron chi connectivity index (χ1n) is 12.4. The molecule has 3 fully saturated rings. The van der Waals surface area contributed by atoms with Crippen molar-refractivity contribution < 1.29 is 41.1 Å². The van der Waals surface area contributed by atoms with Gasteiger partial charge < -0.3 is 34.3 Å². The molecular weight excluding hydrogens is 644 g/mol. The van der Waals surface area contributed by atoms with Crippen molar-refractivity contribution in [2.75, 3.05) is 24.3 Å². The summed E-state index contributed by atoms with van der Waals surface area (Å²) < 4.78 is 73.7. The second-order valence-electron chi connectivity index (χ2n) is 9.74. The number of H-pyrrole nitrogens is 1. The molecule has 3 aliphatic rings. The minimum Gasteiger partial charge on any atom is -0.369 e. The highest BCUT2D eigenvalue weighted by atomic mass is 32.7.